The van der Waals surface area contributed by atoms with Gasteiger partial charge in [-0.05, 0) is 59.7 Å². The van der Waals surface area contributed by atoms with E-state index in [1.807, 2.05) is 39.8 Å². The molecule has 1 aromatic heterocycles. The van der Waals surface area contributed by atoms with Crippen molar-refractivity contribution in [3.63, 3.8) is 0 Å². The maximum atomic E-state index is 5.90. The largest absolute Gasteiger partial charge is 0.478 e. The van der Waals surface area contributed by atoms with E-state index in [4.69, 9.17) is 14.1 Å². The van der Waals surface area contributed by atoms with Crippen LogP contribution in [0, 0.1) is 0 Å². The molecule has 23 heavy (non-hydrogen) atoms. The molecule has 0 N–H and O–H groups in total. The van der Waals surface area contributed by atoms with Crippen LogP contribution in [-0.4, -0.2) is 62.9 Å². The Balaban J connectivity index is 2.45. The fourth-order valence-electron chi connectivity index (χ4n) is 1.71. The van der Waals surface area contributed by atoms with Crippen molar-refractivity contribution in [1.29, 1.82) is 0 Å². The summed E-state index contributed by atoms with van der Waals surface area (Å²) < 4.78 is 17.0. The van der Waals surface area contributed by atoms with Gasteiger partial charge in [0, 0.05) is 19.9 Å². The Morgan fingerprint density at radius 1 is 1.13 bits per heavy atom. The predicted octanol–water partition coefficient (Wildman–Crippen LogP) is 1.88. The first-order valence-corrected chi connectivity index (χ1v) is 7.98. The lowest BCUT2D eigenvalue weighted by molar-refractivity contribution is -0.114. The summed E-state index contributed by atoms with van der Waals surface area (Å²) in [6, 6.07) is 3.80. The number of hydrogen-bond donors (Lipinski definition) is 0. The van der Waals surface area contributed by atoms with Crippen molar-refractivity contribution in [2.45, 2.75) is 45.3 Å². The van der Waals surface area contributed by atoms with Gasteiger partial charge in [0.15, 0.2) is 0 Å². The Bertz CT molecular complexity index is 461. The van der Waals surface area contributed by atoms with Gasteiger partial charge in [-0.25, -0.2) is 4.98 Å². The van der Waals surface area contributed by atoms with Crippen LogP contribution in [-0.2, 0) is 9.39 Å². The van der Waals surface area contributed by atoms with Crippen LogP contribution in [0.25, 0.3) is 0 Å². The number of aromatic nitrogens is 1. The van der Waals surface area contributed by atoms with Crippen LogP contribution in [0.2, 0.25) is 0 Å². The van der Waals surface area contributed by atoms with Crippen molar-refractivity contribution in [2.75, 3.05) is 34.4 Å². The lowest BCUT2D eigenvalue weighted by Gasteiger charge is -2.40. The highest BCUT2D eigenvalue weighted by atomic mass is 16.5. The summed E-state index contributed by atoms with van der Waals surface area (Å²) in [5.41, 5.74) is 0.0424. The number of pyridine rings is 1. The van der Waals surface area contributed by atoms with Crippen LogP contribution in [0.5, 0.6) is 5.88 Å². The molecule has 0 aliphatic heterocycles. The van der Waals surface area contributed by atoms with Crippen molar-refractivity contribution >= 4 is 12.9 Å². The molecule has 129 valence electrons. The van der Waals surface area contributed by atoms with Gasteiger partial charge in [0.1, 0.15) is 0 Å². The Kier molecular flexibility index (Phi) is 7.51. The van der Waals surface area contributed by atoms with Gasteiger partial charge >= 0.3 is 7.48 Å². The molecule has 1 rings (SSSR count). The number of methoxy groups -OCH3 is 1. The minimum absolute atomic E-state index is 0.396. The lowest BCUT2D eigenvalue weighted by Crippen LogP contribution is -2.50. The normalized spacial score (nSPS) is 12.5. The summed E-state index contributed by atoms with van der Waals surface area (Å²) in [6.07, 6.45) is 2.73. The SMILES string of the molecule is COC(C)(C)C(C)(C)O[B]c1ccc(OCCCN(C)C)nc1. The van der Waals surface area contributed by atoms with E-state index in [0.717, 1.165) is 18.4 Å². The molecule has 1 heterocycles. The Labute approximate surface area is 141 Å². The second-order valence-electron chi connectivity index (χ2n) is 6.90. The maximum absolute atomic E-state index is 5.90. The van der Waals surface area contributed by atoms with Gasteiger partial charge in [0.05, 0.1) is 17.8 Å². The summed E-state index contributed by atoms with van der Waals surface area (Å²) in [6.45, 7) is 9.68. The van der Waals surface area contributed by atoms with Gasteiger partial charge in [-0.1, -0.05) is 6.07 Å². The van der Waals surface area contributed by atoms with E-state index in [2.05, 4.69) is 24.0 Å². The number of ether oxygens (including phenoxy) is 2. The quantitative estimate of drug-likeness (QED) is 0.486. The minimum Gasteiger partial charge on any atom is -0.478 e. The molecule has 0 bridgehead atoms. The number of hydrogen-bond acceptors (Lipinski definition) is 5. The standard InChI is InChI=1S/C17H30BN2O3/c1-16(2,21-7)17(3,4)23-18-14-9-10-15(19-13-14)22-12-8-11-20(5)6/h9-10,13H,8,11-12H2,1-7H3. The Hall–Kier alpha value is -1.11. The van der Waals surface area contributed by atoms with Crippen molar-refractivity contribution < 1.29 is 14.1 Å². The molecule has 0 spiro atoms. The fourth-order valence-corrected chi connectivity index (χ4v) is 1.71. The third-order valence-electron chi connectivity index (χ3n) is 4.21. The van der Waals surface area contributed by atoms with Crippen LogP contribution in [0.15, 0.2) is 18.3 Å². The molecule has 0 aliphatic carbocycles. The molecule has 0 unspecified atom stereocenters. The van der Waals surface area contributed by atoms with E-state index in [1.54, 1.807) is 20.8 Å². The number of nitrogens with zero attached hydrogens (tertiary/aromatic N) is 2. The second kappa shape index (κ2) is 8.66. The van der Waals surface area contributed by atoms with Crippen molar-refractivity contribution in [1.82, 2.24) is 9.88 Å². The van der Waals surface area contributed by atoms with Gasteiger partial charge < -0.3 is 19.0 Å². The van der Waals surface area contributed by atoms with E-state index in [0.29, 0.717) is 12.5 Å². The van der Waals surface area contributed by atoms with E-state index in [9.17, 15) is 0 Å². The van der Waals surface area contributed by atoms with Gasteiger partial charge in [-0.15, -0.1) is 0 Å². The second-order valence-corrected chi connectivity index (χ2v) is 6.90. The van der Waals surface area contributed by atoms with E-state index < -0.39 is 11.2 Å². The fraction of sp³-hybridized carbons (Fsp3) is 0.706. The van der Waals surface area contributed by atoms with Crippen LogP contribution >= 0.6 is 0 Å². The highest BCUT2D eigenvalue weighted by Crippen LogP contribution is 2.27. The third kappa shape index (κ3) is 6.49. The predicted molar refractivity (Wildman–Crippen MR) is 94.5 cm³/mol. The molecule has 0 atom stereocenters. The average molecular weight is 321 g/mol. The zero-order chi connectivity index (χ0) is 17.5. The summed E-state index contributed by atoms with van der Waals surface area (Å²) in [5, 5.41) is 0. The molecule has 0 fully saturated rings. The van der Waals surface area contributed by atoms with Gasteiger partial charge in [-0.3, -0.25) is 0 Å². The molecule has 0 saturated heterocycles. The Morgan fingerprint density at radius 3 is 2.35 bits per heavy atom. The molecule has 0 amide bonds. The smallest absolute Gasteiger partial charge is 0.332 e. The molecule has 0 aromatic carbocycles. The topological polar surface area (TPSA) is 43.8 Å². The van der Waals surface area contributed by atoms with E-state index in [1.165, 1.54) is 0 Å². The summed E-state index contributed by atoms with van der Waals surface area (Å²) >= 11 is 0. The van der Waals surface area contributed by atoms with Crippen molar-refractivity contribution in [3.05, 3.63) is 18.3 Å². The summed E-state index contributed by atoms with van der Waals surface area (Å²) in [5.74, 6) is 0.636. The van der Waals surface area contributed by atoms with Gasteiger partial charge in [-0.2, -0.15) is 0 Å². The first kappa shape index (κ1) is 19.9. The molecular weight excluding hydrogens is 291 g/mol. The average Bonchev–Trinajstić information content (AvgIpc) is 2.50. The van der Waals surface area contributed by atoms with Crippen LogP contribution in [0.1, 0.15) is 34.1 Å². The minimum atomic E-state index is -0.455. The van der Waals surface area contributed by atoms with Gasteiger partial charge in [0.25, 0.3) is 0 Å². The first-order chi connectivity index (χ1) is 10.7. The number of rotatable bonds is 10. The Morgan fingerprint density at radius 2 is 1.83 bits per heavy atom. The maximum Gasteiger partial charge on any atom is 0.332 e. The molecular formula is C17H30BN2O3. The van der Waals surface area contributed by atoms with Crippen LogP contribution in [0.3, 0.4) is 0 Å². The lowest BCUT2D eigenvalue weighted by atomic mass is 9.83. The first-order valence-electron chi connectivity index (χ1n) is 7.98. The zero-order valence-corrected chi connectivity index (χ0v) is 15.5. The van der Waals surface area contributed by atoms with E-state index in [-0.39, 0.29) is 0 Å². The van der Waals surface area contributed by atoms with Crippen molar-refractivity contribution in [3.8, 4) is 5.88 Å². The monoisotopic (exact) mass is 321 g/mol. The molecule has 1 aromatic rings. The molecule has 0 aliphatic rings. The van der Waals surface area contributed by atoms with E-state index >= 15 is 0 Å². The highest BCUT2D eigenvalue weighted by molar-refractivity contribution is 6.46. The highest BCUT2D eigenvalue weighted by Gasteiger charge is 2.37. The zero-order valence-electron chi connectivity index (χ0n) is 15.5. The summed E-state index contributed by atoms with van der Waals surface area (Å²) in [7, 11) is 7.50. The molecule has 1 radical (unpaired) electrons. The van der Waals surface area contributed by atoms with Crippen molar-refractivity contribution in [2.24, 2.45) is 0 Å². The molecule has 6 heteroatoms. The molecule has 5 nitrogen and oxygen atoms in total. The molecule has 0 saturated carbocycles. The third-order valence-corrected chi connectivity index (χ3v) is 4.21. The van der Waals surface area contributed by atoms with Gasteiger partial charge in [0.2, 0.25) is 5.88 Å². The van der Waals surface area contributed by atoms with Crippen LogP contribution < -0.4 is 10.2 Å². The van der Waals surface area contributed by atoms with Crippen LogP contribution in [0.4, 0.5) is 0 Å². The summed E-state index contributed by atoms with van der Waals surface area (Å²) in [4.78, 5) is 6.43.